The number of nitrogens with one attached hydrogen (secondary N) is 6. The molecule has 6 atom stereocenters. The Kier molecular flexibility index (Phi) is 28.0. The number of benzene rings is 1. The number of aromatic nitrogens is 2. The molecule has 1 saturated heterocycles. The van der Waals surface area contributed by atoms with E-state index in [1.165, 1.54) is 24.5 Å². The molecular weight excluding hydrogens is 1380 g/mol. The number of phosphoric acid groups is 2. The minimum Gasteiger partial charge on any atom is -0.464 e. The van der Waals surface area contributed by atoms with Gasteiger partial charge in [-0.05, 0) is 48.9 Å². The molecule has 0 radical (unpaired) electrons. The summed E-state index contributed by atoms with van der Waals surface area (Å²) in [5, 5.41) is 15.2. The number of aryl methyl sites for hydroxylation is 1. The molecule has 548 valence electrons. The van der Waals surface area contributed by atoms with Gasteiger partial charge in [0.1, 0.15) is 31.1 Å². The fourth-order valence-corrected chi connectivity index (χ4v) is 13.7. The normalized spacial score (nSPS) is 18.9. The lowest BCUT2D eigenvalue weighted by Gasteiger charge is -2.36. The average molecular weight is 1460 g/mol. The third kappa shape index (κ3) is 20.6. The summed E-state index contributed by atoms with van der Waals surface area (Å²) in [4.78, 5) is 166. The molecule has 100 heavy (non-hydrogen) atoms. The van der Waals surface area contributed by atoms with Gasteiger partial charge in [0.05, 0.1) is 127 Å². The molecule has 1 aliphatic carbocycles. The van der Waals surface area contributed by atoms with Crippen molar-refractivity contribution in [1.82, 2.24) is 46.4 Å². The third-order valence-electron chi connectivity index (χ3n) is 16.1. The Morgan fingerprint density at radius 1 is 0.710 bits per heavy atom. The van der Waals surface area contributed by atoms with Crippen molar-refractivity contribution in [1.29, 1.82) is 0 Å². The van der Waals surface area contributed by atoms with Gasteiger partial charge in [0.15, 0.2) is 0 Å². The zero-order valence-electron chi connectivity index (χ0n) is 54.3. The second kappa shape index (κ2) is 36.1. The predicted molar refractivity (Wildman–Crippen MR) is 333 cm³/mol. The average Bonchev–Trinajstić information content (AvgIpc) is 1.47. The Labute approximate surface area is 567 Å². The summed E-state index contributed by atoms with van der Waals surface area (Å²) in [5.74, 6) is -8.27. The summed E-state index contributed by atoms with van der Waals surface area (Å²) in [6, 6.07) is -0.968. The fraction of sp³-hybridized carbons (Fsp3) is 0.567. The van der Waals surface area contributed by atoms with Gasteiger partial charge in [-0.3, -0.25) is 57.1 Å². The summed E-state index contributed by atoms with van der Waals surface area (Å²) in [5.41, 5.74) is -2.56. The zero-order valence-corrected chi connectivity index (χ0v) is 56.1. The lowest BCUT2D eigenvalue weighted by atomic mass is 9.81. The molecular formula is C60H76F3N9O26P2. The molecule has 0 spiro atoms. The first-order valence-corrected chi connectivity index (χ1v) is 34.7. The number of pyridine rings is 2. The summed E-state index contributed by atoms with van der Waals surface area (Å²) >= 11 is 0. The van der Waals surface area contributed by atoms with Crippen LogP contribution < -0.4 is 37.5 Å². The molecule has 35 nitrogen and oxygen atoms in total. The van der Waals surface area contributed by atoms with Crippen LogP contribution in [0, 0.1) is 12.7 Å². The van der Waals surface area contributed by atoms with Crippen molar-refractivity contribution in [3.63, 3.8) is 0 Å². The Morgan fingerprint density at radius 3 is 1.99 bits per heavy atom. The summed E-state index contributed by atoms with van der Waals surface area (Å²) in [6.45, 7) is 1.35. The number of cyclic esters (lactones) is 2. The van der Waals surface area contributed by atoms with Crippen LogP contribution in [-0.4, -0.2) is 221 Å². The number of imide groups is 1. The summed E-state index contributed by atoms with van der Waals surface area (Å²) in [7, 11) is -11.5. The number of hydrogen-bond acceptors (Lipinski definition) is 25. The smallest absolute Gasteiger partial charge is 0.464 e. The molecule has 8 amide bonds. The highest BCUT2D eigenvalue weighted by molar-refractivity contribution is 7.61. The van der Waals surface area contributed by atoms with Gasteiger partial charge < -0.3 is 84.1 Å². The molecule has 40 heteroatoms. The molecule has 2 unspecified atom stereocenters. The first-order chi connectivity index (χ1) is 47.7. The quantitative estimate of drug-likeness (QED) is 0.0121. The number of fused-ring (bicyclic) bond motifs is 5. The molecule has 5 aliphatic rings. The Morgan fingerprint density at radius 2 is 1.34 bits per heavy atom. The number of nitrogens with zero attached hydrogens (tertiary/aromatic N) is 3. The third-order valence-corrected chi connectivity index (χ3v) is 18.8. The van der Waals surface area contributed by atoms with Crippen LogP contribution in [-0.2, 0) is 134 Å². The summed E-state index contributed by atoms with van der Waals surface area (Å²) in [6.07, 6.45) is -1.91. The number of phosphoric ester groups is 2. The molecule has 6 heterocycles. The maximum atomic E-state index is 15.4. The molecule has 8 N–H and O–H groups in total. The van der Waals surface area contributed by atoms with Crippen molar-refractivity contribution in [2.75, 3.05) is 119 Å². The van der Waals surface area contributed by atoms with Crippen molar-refractivity contribution < 1.29 is 131 Å². The first-order valence-electron chi connectivity index (χ1n) is 31.7. The van der Waals surface area contributed by atoms with E-state index in [4.69, 9.17) is 46.9 Å². The van der Waals surface area contributed by atoms with Gasteiger partial charge in [0, 0.05) is 80.2 Å². The standard InChI is InChI=1S/C60H76F3N9O26P2/c1-3-60(38-28-44-53-36(31-72(44)57(81)37(38)32-95-59(60)83)52-40(70-56(80)54(62)63)5-4-35-34(2)39(61)29-42(69-53)51(35)52)97-100(86,87)98-99(84,85)96-19-13-65-48(76)33-93-27-26-90-18-12-66-55(79)43(30-47(75)67-41-9-16-94-58(41)82)68-46(74)10-15-88-20-22-91-24-25-92-23-21-89-17-11-64-45(73)8-14-71-49(77)6-7-50(71)78/h6-7,28-29,40-41,43,54H,3-5,8-27,30-33H2,1-2H3,(H,64,73)(H,65,76)(H,66,79)(H,67,75)(H,68,74)(H,70,80)(H,84,85)(H,86,87)/t40-,41-,43-,60-/m0/s1. The number of halogens is 3. The van der Waals surface area contributed by atoms with E-state index in [9.17, 15) is 80.4 Å². The number of alkyl halides is 2. The monoisotopic (exact) mass is 1460 g/mol. The molecule has 4 aliphatic heterocycles. The molecule has 0 bridgehead atoms. The van der Waals surface area contributed by atoms with Crippen molar-refractivity contribution in [2.45, 2.75) is 102 Å². The van der Waals surface area contributed by atoms with E-state index in [0.717, 1.165) is 23.1 Å². The lowest BCUT2D eigenvalue weighted by Crippen LogP contribution is -2.51. The maximum Gasteiger partial charge on any atom is 0.482 e. The van der Waals surface area contributed by atoms with Crippen molar-refractivity contribution >= 4 is 85.7 Å². The van der Waals surface area contributed by atoms with Gasteiger partial charge >= 0.3 is 34.0 Å². The second-order valence-electron chi connectivity index (χ2n) is 22.8. The molecule has 0 saturated carbocycles. The van der Waals surface area contributed by atoms with Crippen LogP contribution in [0.5, 0.6) is 0 Å². The van der Waals surface area contributed by atoms with E-state index < -0.39 is 150 Å². The van der Waals surface area contributed by atoms with E-state index in [0.29, 0.717) is 22.1 Å². The van der Waals surface area contributed by atoms with E-state index in [-0.39, 0.29) is 177 Å². The number of ether oxygens (including phenoxy) is 8. The maximum absolute atomic E-state index is 15.4. The molecule has 2 aromatic heterocycles. The Balaban J connectivity index is 0.702. The Bertz CT molecular complexity index is 3770. The first kappa shape index (κ1) is 77.8. The highest BCUT2D eigenvalue weighted by atomic mass is 31.3. The van der Waals surface area contributed by atoms with Crippen molar-refractivity contribution in [3.05, 3.63) is 73.8 Å². The molecule has 1 fully saturated rings. The number of esters is 2. The van der Waals surface area contributed by atoms with Crippen LogP contribution in [0.3, 0.4) is 0 Å². The largest absolute Gasteiger partial charge is 0.482 e. The molecule has 8 rings (SSSR count). The van der Waals surface area contributed by atoms with Crippen LogP contribution in [0.1, 0.15) is 84.9 Å². The van der Waals surface area contributed by atoms with Crippen LogP contribution in [0.4, 0.5) is 13.2 Å². The van der Waals surface area contributed by atoms with Crippen LogP contribution in [0.15, 0.2) is 29.1 Å². The van der Waals surface area contributed by atoms with E-state index in [2.05, 4.69) is 41.2 Å². The van der Waals surface area contributed by atoms with Crippen LogP contribution in [0.2, 0.25) is 0 Å². The van der Waals surface area contributed by atoms with E-state index in [1.807, 2.05) is 0 Å². The van der Waals surface area contributed by atoms with Gasteiger partial charge in [0.25, 0.3) is 23.3 Å². The SMILES string of the molecule is CC[C@@]1(OP(=O)(O)OP(=O)(O)OCCNC(=O)COCCOCCNC(=O)[C@H](CC(=O)N[C@H]2CCOC2=O)NC(=O)CCOCCOCCOCCOCCNC(=O)CCN2C(=O)C=CC2=O)C(=O)OCc2c1cc1n(c2=O)Cc2c-1nc1cc(F)c(C)c3c1c2[C@@H](NC(=O)C(F)F)CC3. The van der Waals surface area contributed by atoms with Gasteiger partial charge in [-0.1, -0.05) is 6.92 Å². The van der Waals surface area contributed by atoms with Gasteiger partial charge in [-0.25, -0.2) is 28.1 Å². The fourth-order valence-electron chi connectivity index (χ4n) is 11.3. The minimum absolute atomic E-state index is 0.0175. The number of carbonyl (C=O) groups excluding carboxylic acids is 10. The highest BCUT2D eigenvalue weighted by Crippen LogP contribution is 2.64. The van der Waals surface area contributed by atoms with E-state index >= 15 is 4.39 Å². The van der Waals surface area contributed by atoms with Gasteiger partial charge in [-0.2, -0.15) is 13.1 Å². The predicted octanol–water partition coefficient (Wildman–Crippen LogP) is -0.386. The topological polar surface area (TPSA) is 457 Å². The van der Waals surface area contributed by atoms with Crippen molar-refractivity contribution in [3.8, 4) is 11.4 Å². The minimum atomic E-state index is -5.89. The lowest BCUT2D eigenvalue weighted by molar-refractivity contribution is -0.170. The summed E-state index contributed by atoms with van der Waals surface area (Å²) < 4.78 is 128. The van der Waals surface area contributed by atoms with Crippen molar-refractivity contribution in [2.24, 2.45) is 0 Å². The molecule has 1 aromatic carbocycles. The number of rotatable bonds is 42. The van der Waals surface area contributed by atoms with Crippen LogP contribution >= 0.6 is 15.6 Å². The molecule has 3 aromatic rings. The van der Waals surface area contributed by atoms with Gasteiger partial charge in [-0.15, -0.1) is 0 Å². The Hall–Kier alpha value is -7.97. The second-order valence-corrected chi connectivity index (χ2v) is 25.8. The number of carbonyl (C=O) groups is 10. The number of hydrogen-bond donors (Lipinski definition) is 8. The van der Waals surface area contributed by atoms with Crippen LogP contribution in [0.25, 0.3) is 22.3 Å². The van der Waals surface area contributed by atoms with E-state index in [1.54, 1.807) is 0 Å². The number of amides is 8. The zero-order chi connectivity index (χ0) is 72.3. The van der Waals surface area contributed by atoms with Gasteiger partial charge in [0.2, 0.25) is 35.1 Å². The highest BCUT2D eigenvalue weighted by Gasteiger charge is 2.54.